The number of hydrazone groups is 1. The summed E-state index contributed by atoms with van der Waals surface area (Å²) in [7, 11) is 1.37. The van der Waals surface area contributed by atoms with Crippen LogP contribution in [0.2, 0.25) is 5.02 Å². The third-order valence-corrected chi connectivity index (χ3v) is 7.10. The number of benzene rings is 1. The molecule has 2 aliphatic carbocycles. The van der Waals surface area contributed by atoms with Crippen LogP contribution in [0.5, 0.6) is 0 Å². The molecule has 1 aromatic carbocycles. The van der Waals surface area contributed by atoms with Crippen molar-refractivity contribution >= 4 is 34.7 Å². The lowest BCUT2D eigenvalue weighted by Crippen LogP contribution is -2.40. The van der Waals surface area contributed by atoms with E-state index in [2.05, 4.69) is 14.8 Å². The van der Waals surface area contributed by atoms with Crippen molar-refractivity contribution in [2.45, 2.75) is 44.6 Å². The second-order valence-electron chi connectivity index (χ2n) is 8.44. The fourth-order valence-corrected chi connectivity index (χ4v) is 5.59. The van der Waals surface area contributed by atoms with Gasteiger partial charge in [-0.25, -0.2) is 14.6 Å². The highest BCUT2D eigenvalue weighted by atomic mass is 35.5. The van der Waals surface area contributed by atoms with Gasteiger partial charge >= 0.3 is 5.97 Å². The van der Waals surface area contributed by atoms with Gasteiger partial charge in [0.2, 0.25) is 5.69 Å². The normalized spacial score (nSPS) is 22.5. The van der Waals surface area contributed by atoms with E-state index >= 15 is 0 Å². The summed E-state index contributed by atoms with van der Waals surface area (Å²) in [6.07, 6.45) is 6.71. The molecule has 1 fully saturated rings. The number of fused-ring (bicyclic) bond motifs is 3. The molecule has 6 nitrogen and oxygen atoms in total. The van der Waals surface area contributed by atoms with Crippen molar-refractivity contribution in [2.24, 2.45) is 16.9 Å². The summed E-state index contributed by atoms with van der Waals surface area (Å²) in [6, 6.07) is 9.55. The largest absolute Gasteiger partial charge is 0.464 e. The van der Waals surface area contributed by atoms with Crippen LogP contribution in [0.3, 0.4) is 0 Å². The Balaban J connectivity index is 1.57. The predicted octanol–water partition coefficient (Wildman–Crippen LogP) is 5.42. The fraction of sp³-hybridized carbons (Fsp3) is 0.417. The molecular weight excluding hydrogens is 412 g/mol. The summed E-state index contributed by atoms with van der Waals surface area (Å²) in [5.41, 5.74) is 4.70. The van der Waals surface area contributed by atoms with Crippen LogP contribution in [0, 0.1) is 18.4 Å². The van der Waals surface area contributed by atoms with E-state index in [-0.39, 0.29) is 6.04 Å². The van der Waals surface area contributed by atoms with Crippen molar-refractivity contribution in [1.82, 2.24) is 4.98 Å². The minimum atomic E-state index is -0.418. The van der Waals surface area contributed by atoms with Gasteiger partial charge in [0.1, 0.15) is 5.69 Å². The summed E-state index contributed by atoms with van der Waals surface area (Å²) < 4.78 is 4.83. The Bertz CT molecular complexity index is 1120. The molecule has 2 unspecified atom stereocenters. The Labute approximate surface area is 186 Å². The van der Waals surface area contributed by atoms with Crippen molar-refractivity contribution in [2.75, 3.05) is 12.1 Å². The highest BCUT2D eigenvalue weighted by Crippen LogP contribution is 2.45. The predicted molar refractivity (Wildman–Crippen MR) is 120 cm³/mol. The zero-order valence-electron chi connectivity index (χ0n) is 17.3. The van der Waals surface area contributed by atoms with E-state index in [1.807, 2.05) is 18.2 Å². The van der Waals surface area contributed by atoms with Crippen LogP contribution in [0.4, 0.5) is 11.4 Å². The molecule has 158 valence electrons. The molecule has 2 heterocycles. The topological polar surface area (TPSA) is 59.2 Å². The van der Waals surface area contributed by atoms with E-state index in [9.17, 15) is 4.79 Å². The number of hydrogen-bond donors (Lipinski definition) is 0. The molecule has 0 saturated heterocycles. The van der Waals surface area contributed by atoms with Crippen LogP contribution < -0.4 is 5.01 Å². The molecule has 1 saturated carbocycles. The molecule has 0 bridgehead atoms. The van der Waals surface area contributed by atoms with Gasteiger partial charge in [-0.05, 0) is 55.9 Å². The molecule has 0 radical (unpaired) electrons. The number of nitrogens with zero attached hydrogens (tertiary/aromatic N) is 4. The van der Waals surface area contributed by atoms with Crippen molar-refractivity contribution in [3.8, 4) is 0 Å². The Morgan fingerprint density at radius 2 is 2.03 bits per heavy atom. The fourth-order valence-electron chi connectivity index (χ4n) is 5.37. The highest BCUT2D eigenvalue weighted by molar-refractivity contribution is 6.33. The summed E-state index contributed by atoms with van der Waals surface area (Å²) in [6.45, 7) is 7.27. The SMILES string of the molecule is [C-]#[N+]c1ccc(N2N=C3c4ccc(C(=O)OC)nc4CCC3C2C2CCCC2)cc1Cl. The van der Waals surface area contributed by atoms with Gasteiger partial charge in [0, 0.05) is 16.5 Å². The summed E-state index contributed by atoms with van der Waals surface area (Å²) in [4.78, 5) is 20.0. The standard InChI is InChI=1S/C24H23ClN4O2/c1-26-20-10-7-15(13-18(20)25)29-23(14-5-3-4-6-14)17-9-11-19-16(22(17)28-29)8-12-21(27-19)24(30)31-2/h7-8,10,12-14,17,23H,3-6,9,11H2,2H3. The average Bonchev–Trinajstić information content (AvgIpc) is 3.45. The lowest BCUT2D eigenvalue weighted by molar-refractivity contribution is 0.0593. The summed E-state index contributed by atoms with van der Waals surface area (Å²) in [5.74, 6) is 0.480. The first kappa shape index (κ1) is 20.0. The molecule has 2 aromatic rings. The number of methoxy groups -OCH3 is 1. The van der Waals surface area contributed by atoms with Gasteiger partial charge in [-0.1, -0.05) is 30.5 Å². The van der Waals surface area contributed by atoms with Crippen LogP contribution >= 0.6 is 11.6 Å². The molecule has 0 N–H and O–H groups in total. The number of hydrogen-bond acceptors (Lipinski definition) is 5. The third-order valence-electron chi connectivity index (χ3n) is 6.80. The number of rotatable bonds is 3. The lowest BCUT2D eigenvalue weighted by Gasteiger charge is -2.34. The number of aromatic nitrogens is 1. The number of pyridine rings is 1. The molecule has 0 amide bonds. The molecule has 1 aliphatic heterocycles. The molecule has 5 rings (SSSR count). The number of carbonyl (C=O) groups is 1. The van der Waals surface area contributed by atoms with Gasteiger partial charge in [-0.15, -0.1) is 0 Å². The first-order valence-electron chi connectivity index (χ1n) is 10.7. The van der Waals surface area contributed by atoms with Crippen molar-refractivity contribution < 1.29 is 9.53 Å². The Morgan fingerprint density at radius 1 is 1.23 bits per heavy atom. The maximum absolute atomic E-state index is 11.9. The maximum atomic E-state index is 11.9. The van der Waals surface area contributed by atoms with E-state index in [1.54, 1.807) is 12.1 Å². The molecule has 0 spiro atoms. The minimum Gasteiger partial charge on any atom is -0.464 e. The summed E-state index contributed by atoms with van der Waals surface area (Å²) >= 11 is 6.37. The molecule has 2 atom stereocenters. The van der Waals surface area contributed by atoms with Crippen LogP contribution in [0.15, 0.2) is 35.4 Å². The van der Waals surface area contributed by atoms with Gasteiger partial charge < -0.3 is 4.74 Å². The smallest absolute Gasteiger partial charge is 0.356 e. The van der Waals surface area contributed by atoms with Gasteiger partial charge in [0.25, 0.3) is 0 Å². The van der Waals surface area contributed by atoms with Crippen LogP contribution in [0.25, 0.3) is 4.85 Å². The Morgan fingerprint density at radius 3 is 2.74 bits per heavy atom. The van der Waals surface area contributed by atoms with Gasteiger partial charge in [0.05, 0.1) is 36.8 Å². The molecule has 31 heavy (non-hydrogen) atoms. The first-order valence-corrected chi connectivity index (χ1v) is 11.1. The number of esters is 1. The molecular formula is C24H23ClN4O2. The first-order chi connectivity index (χ1) is 15.1. The van der Waals surface area contributed by atoms with E-state index in [0.29, 0.717) is 28.2 Å². The second-order valence-corrected chi connectivity index (χ2v) is 8.85. The number of ether oxygens (including phenoxy) is 1. The monoisotopic (exact) mass is 434 g/mol. The van der Waals surface area contributed by atoms with Crippen molar-refractivity contribution in [3.63, 3.8) is 0 Å². The molecule has 1 aromatic heterocycles. The van der Waals surface area contributed by atoms with E-state index in [1.165, 1.54) is 32.8 Å². The number of aryl methyl sites for hydroxylation is 1. The van der Waals surface area contributed by atoms with Crippen LogP contribution in [-0.4, -0.2) is 29.8 Å². The van der Waals surface area contributed by atoms with E-state index in [4.69, 9.17) is 28.0 Å². The van der Waals surface area contributed by atoms with Crippen molar-refractivity contribution in [3.05, 3.63) is 63.7 Å². The molecule has 7 heteroatoms. The van der Waals surface area contributed by atoms with Gasteiger partial charge in [-0.2, -0.15) is 5.10 Å². The lowest BCUT2D eigenvalue weighted by atomic mass is 9.76. The van der Waals surface area contributed by atoms with E-state index in [0.717, 1.165) is 35.5 Å². The maximum Gasteiger partial charge on any atom is 0.356 e. The third kappa shape index (κ3) is 3.37. The van der Waals surface area contributed by atoms with Crippen LogP contribution in [0.1, 0.15) is 53.8 Å². The molecule has 3 aliphatic rings. The average molecular weight is 435 g/mol. The van der Waals surface area contributed by atoms with E-state index < -0.39 is 5.97 Å². The zero-order chi connectivity index (χ0) is 21.5. The van der Waals surface area contributed by atoms with Gasteiger partial charge in [0.15, 0.2) is 0 Å². The number of anilines is 1. The zero-order valence-corrected chi connectivity index (χ0v) is 18.1. The van der Waals surface area contributed by atoms with Gasteiger partial charge in [-0.3, -0.25) is 5.01 Å². The quantitative estimate of drug-likeness (QED) is 0.478. The Hall–Kier alpha value is -2.91. The second kappa shape index (κ2) is 7.97. The van der Waals surface area contributed by atoms with Crippen molar-refractivity contribution in [1.29, 1.82) is 0 Å². The minimum absolute atomic E-state index is 0.279. The van der Waals surface area contributed by atoms with Crippen LogP contribution in [-0.2, 0) is 11.2 Å². The Kier molecular flexibility index (Phi) is 5.15. The number of halogens is 1. The summed E-state index contributed by atoms with van der Waals surface area (Å²) in [5, 5.41) is 7.69. The number of carbonyl (C=O) groups excluding carboxylic acids is 1. The highest BCUT2D eigenvalue weighted by Gasteiger charge is 2.46.